The Kier molecular flexibility index (Phi) is 4.93. The number of amides is 2. The average Bonchev–Trinajstić information content (AvgIpc) is 3.24. The molecule has 2 unspecified atom stereocenters. The van der Waals surface area contributed by atoms with Crippen LogP contribution in [0.15, 0.2) is 67.1 Å². The van der Waals surface area contributed by atoms with E-state index in [4.69, 9.17) is 0 Å². The number of hydrogen-bond donors (Lipinski definition) is 2. The molecule has 0 aliphatic carbocycles. The largest absolute Gasteiger partial charge is 0.355 e. The van der Waals surface area contributed by atoms with Crippen LogP contribution < -0.4 is 5.32 Å². The van der Waals surface area contributed by atoms with Crippen molar-refractivity contribution in [2.75, 3.05) is 13.6 Å². The van der Waals surface area contributed by atoms with Crippen molar-refractivity contribution in [2.45, 2.75) is 18.4 Å². The summed E-state index contributed by atoms with van der Waals surface area (Å²) >= 11 is 0. The second-order valence-electron chi connectivity index (χ2n) is 6.95. The molecule has 1 aliphatic heterocycles. The fraction of sp³-hybridized carbons (Fsp3) is 0.227. The summed E-state index contributed by atoms with van der Waals surface area (Å²) in [6.45, 7) is 0.499. The van der Waals surface area contributed by atoms with E-state index in [9.17, 15) is 9.59 Å². The molecule has 0 spiro atoms. The highest BCUT2D eigenvalue weighted by Crippen LogP contribution is 2.41. The first kappa shape index (κ1) is 18.0. The summed E-state index contributed by atoms with van der Waals surface area (Å²) in [5.74, 6) is -0.616. The third-order valence-electron chi connectivity index (χ3n) is 5.25. The molecule has 0 bridgehead atoms. The average molecular weight is 374 g/mol. The minimum absolute atomic E-state index is 0.0639. The zero-order valence-electron chi connectivity index (χ0n) is 15.6. The third-order valence-corrected chi connectivity index (χ3v) is 5.25. The molecule has 0 radical (unpaired) electrons. The topological polar surface area (TPSA) is 78.1 Å². The Morgan fingerprint density at radius 1 is 1.14 bits per heavy atom. The van der Waals surface area contributed by atoms with Crippen molar-refractivity contribution >= 4 is 11.8 Å². The van der Waals surface area contributed by atoms with Crippen molar-refractivity contribution in [3.8, 4) is 0 Å². The van der Waals surface area contributed by atoms with Gasteiger partial charge in [0.1, 0.15) is 0 Å². The molecule has 2 amide bonds. The lowest BCUT2D eigenvalue weighted by atomic mass is 9.79. The van der Waals surface area contributed by atoms with Gasteiger partial charge in [-0.3, -0.25) is 9.59 Å². The zero-order valence-corrected chi connectivity index (χ0v) is 15.6. The van der Waals surface area contributed by atoms with Crippen LogP contribution in [0.2, 0.25) is 0 Å². The monoisotopic (exact) mass is 374 g/mol. The van der Waals surface area contributed by atoms with E-state index in [-0.39, 0.29) is 17.9 Å². The van der Waals surface area contributed by atoms with Crippen molar-refractivity contribution in [3.63, 3.8) is 0 Å². The molecule has 0 fully saturated rings. The van der Waals surface area contributed by atoms with Gasteiger partial charge in [0.25, 0.3) is 5.91 Å². The Morgan fingerprint density at radius 3 is 2.64 bits per heavy atom. The molecular formula is C22H22N4O2. The van der Waals surface area contributed by atoms with Gasteiger partial charge in [-0.05, 0) is 17.2 Å². The van der Waals surface area contributed by atoms with Crippen LogP contribution in [0.4, 0.5) is 0 Å². The minimum Gasteiger partial charge on any atom is -0.355 e. The highest BCUT2D eigenvalue weighted by Gasteiger charge is 2.42. The van der Waals surface area contributed by atoms with E-state index in [0.29, 0.717) is 18.5 Å². The predicted molar refractivity (Wildman–Crippen MR) is 106 cm³/mol. The molecule has 6 nitrogen and oxygen atoms in total. The first-order valence-electron chi connectivity index (χ1n) is 9.33. The third kappa shape index (κ3) is 3.29. The van der Waals surface area contributed by atoms with Crippen molar-refractivity contribution in [3.05, 3.63) is 89.5 Å². The Balaban J connectivity index is 1.66. The van der Waals surface area contributed by atoms with E-state index < -0.39 is 5.92 Å². The van der Waals surface area contributed by atoms with Crippen molar-refractivity contribution in [2.24, 2.45) is 0 Å². The van der Waals surface area contributed by atoms with Gasteiger partial charge in [-0.2, -0.15) is 0 Å². The molecule has 3 aromatic rings. The van der Waals surface area contributed by atoms with Crippen LogP contribution in [0.3, 0.4) is 0 Å². The molecule has 2 heterocycles. The van der Waals surface area contributed by atoms with Gasteiger partial charge < -0.3 is 15.2 Å². The van der Waals surface area contributed by atoms with Crippen molar-refractivity contribution in [1.29, 1.82) is 0 Å². The number of nitrogens with zero attached hydrogens (tertiary/aromatic N) is 2. The van der Waals surface area contributed by atoms with E-state index >= 15 is 0 Å². The van der Waals surface area contributed by atoms with Gasteiger partial charge in [-0.15, -0.1) is 0 Å². The fourth-order valence-corrected chi connectivity index (χ4v) is 3.88. The lowest BCUT2D eigenvalue weighted by Gasteiger charge is -2.39. The van der Waals surface area contributed by atoms with Crippen LogP contribution in [-0.2, 0) is 11.2 Å². The summed E-state index contributed by atoms with van der Waals surface area (Å²) < 4.78 is 0. The summed E-state index contributed by atoms with van der Waals surface area (Å²) in [7, 11) is 1.76. The van der Waals surface area contributed by atoms with Gasteiger partial charge in [-0.1, -0.05) is 48.5 Å². The molecule has 1 aromatic heterocycles. The number of rotatable bonds is 5. The van der Waals surface area contributed by atoms with Gasteiger partial charge in [0.15, 0.2) is 0 Å². The van der Waals surface area contributed by atoms with Crippen LogP contribution in [-0.4, -0.2) is 40.3 Å². The summed E-state index contributed by atoms with van der Waals surface area (Å²) in [4.78, 5) is 34.9. The van der Waals surface area contributed by atoms with Crippen molar-refractivity contribution < 1.29 is 9.59 Å². The maximum Gasteiger partial charge on any atom is 0.254 e. The molecule has 2 atom stereocenters. The number of likely N-dealkylation sites (N-methyl/N-ethyl adjacent to an activating group) is 1. The summed E-state index contributed by atoms with van der Waals surface area (Å²) in [5.41, 5.74) is 3.28. The SMILES string of the molecule is CN1C(=O)c2ccccc2C(C(=O)NCCc2cnc[nH]2)C1c1ccccc1. The highest BCUT2D eigenvalue weighted by molar-refractivity contribution is 6.01. The van der Waals surface area contributed by atoms with Crippen molar-refractivity contribution in [1.82, 2.24) is 20.2 Å². The van der Waals surface area contributed by atoms with Crippen LogP contribution in [0.1, 0.15) is 39.1 Å². The molecular weight excluding hydrogens is 352 g/mol. The molecule has 0 saturated carbocycles. The van der Waals surface area contributed by atoms with E-state index in [1.807, 2.05) is 48.5 Å². The zero-order chi connectivity index (χ0) is 19.5. The Morgan fingerprint density at radius 2 is 1.89 bits per heavy atom. The quantitative estimate of drug-likeness (QED) is 0.721. The minimum atomic E-state index is -0.469. The maximum absolute atomic E-state index is 13.3. The van der Waals surface area contributed by atoms with Crippen LogP contribution in [0, 0.1) is 0 Å². The molecule has 6 heteroatoms. The smallest absolute Gasteiger partial charge is 0.254 e. The van der Waals surface area contributed by atoms with E-state index in [0.717, 1.165) is 16.8 Å². The first-order valence-corrected chi connectivity index (χ1v) is 9.33. The first-order chi connectivity index (χ1) is 13.7. The van der Waals surface area contributed by atoms with Gasteiger partial charge >= 0.3 is 0 Å². The number of benzene rings is 2. The second kappa shape index (κ2) is 7.68. The number of aromatic nitrogens is 2. The van der Waals surface area contributed by atoms with Gasteiger partial charge in [-0.25, -0.2) is 4.98 Å². The number of carbonyl (C=O) groups excluding carboxylic acids is 2. The van der Waals surface area contributed by atoms with E-state index in [1.165, 1.54) is 0 Å². The fourth-order valence-electron chi connectivity index (χ4n) is 3.88. The van der Waals surface area contributed by atoms with Gasteiger partial charge in [0, 0.05) is 37.5 Å². The number of H-pyrrole nitrogens is 1. The highest BCUT2D eigenvalue weighted by atomic mass is 16.2. The predicted octanol–water partition coefficient (Wildman–Crippen LogP) is 2.68. The lowest BCUT2D eigenvalue weighted by molar-refractivity contribution is -0.124. The Bertz CT molecular complexity index is 969. The molecule has 2 aromatic carbocycles. The number of fused-ring (bicyclic) bond motifs is 1. The summed E-state index contributed by atoms with van der Waals surface area (Å²) in [5, 5.41) is 3.04. The number of carbonyl (C=O) groups is 2. The maximum atomic E-state index is 13.3. The molecule has 28 heavy (non-hydrogen) atoms. The standard InChI is InChI=1S/C22H22N4O2/c1-26-20(15-7-3-2-4-8-15)19(17-9-5-6-10-18(17)22(26)28)21(27)24-12-11-16-13-23-14-25-16/h2-10,13-14,19-20H,11-12H2,1H3,(H,23,25)(H,24,27). The molecule has 0 saturated heterocycles. The molecule has 4 rings (SSSR count). The number of imidazole rings is 1. The van der Waals surface area contributed by atoms with Gasteiger partial charge in [0.05, 0.1) is 18.3 Å². The van der Waals surface area contributed by atoms with E-state index in [1.54, 1.807) is 30.5 Å². The Hall–Kier alpha value is -3.41. The number of hydrogen-bond acceptors (Lipinski definition) is 3. The Labute approximate surface area is 163 Å². The molecule has 1 aliphatic rings. The van der Waals surface area contributed by atoms with Crippen LogP contribution in [0.5, 0.6) is 0 Å². The summed E-state index contributed by atoms with van der Waals surface area (Å²) in [6, 6.07) is 16.8. The second-order valence-corrected chi connectivity index (χ2v) is 6.95. The number of aromatic amines is 1. The normalized spacial score (nSPS) is 18.6. The van der Waals surface area contributed by atoms with Crippen LogP contribution in [0.25, 0.3) is 0 Å². The molecule has 142 valence electrons. The molecule has 2 N–H and O–H groups in total. The van der Waals surface area contributed by atoms with E-state index in [2.05, 4.69) is 15.3 Å². The van der Waals surface area contributed by atoms with Gasteiger partial charge in [0.2, 0.25) is 5.91 Å². The number of nitrogens with one attached hydrogen (secondary N) is 2. The van der Waals surface area contributed by atoms with Crippen LogP contribution >= 0.6 is 0 Å². The lowest BCUT2D eigenvalue weighted by Crippen LogP contribution is -2.45. The summed E-state index contributed by atoms with van der Waals surface area (Å²) in [6.07, 6.45) is 4.05.